The molecule has 0 radical (unpaired) electrons. The fourth-order valence-corrected chi connectivity index (χ4v) is 2.04. The predicted molar refractivity (Wildman–Crippen MR) is 62.5 cm³/mol. The van der Waals surface area contributed by atoms with E-state index in [0.717, 1.165) is 5.56 Å². The van der Waals surface area contributed by atoms with E-state index in [1.54, 1.807) is 12.3 Å². The molecule has 0 saturated carbocycles. The number of esters is 1. The van der Waals surface area contributed by atoms with Crippen LogP contribution in [0.1, 0.15) is 15.2 Å². The number of aliphatic hydroxyl groups is 1. The van der Waals surface area contributed by atoms with Crippen LogP contribution in [0.2, 0.25) is 0 Å². The van der Waals surface area contributed by atoms with E-state index in [4.69, 9.17) is 5.11 Å². The molecule has 17 heavy (non-hydrogen) atoms. The van der Waals surface area contributed by atoms with Crippen molar-refractivity contribution in [2.75, 3.05) is 25.6 Å². The molecule has 0 bridgehead atoms. The summed E-state index contributed by atoms with van der Waals surface area (Å²) in [6.07, 6.45) is -0.717. The van der Waals surface area contributed by atoms with Gasteiger partial charge in [-0.25, -0.2) is 9.59 Å². The molecule has 1 amide bonds. The topological polar surface area (TPSA) is 84.9 Å². The number of carbonyl (C=O) groups excluding carboxylic acids is 2. The number of rotatable bonds is 4. The van der Waals surface area contributed by atoms with Gasteiger partial charge in [0.2, 0.25) is 0 Å². The van der Waals surface area contributed by atoms with Crippen molar-refractivity contribution < 1.29 is 24.2 Å². The lowest BCUT2D eigenvalue weighted by Gasteiger charge is -2.07. The van der Waals surface area contributed by atoms with Crippen molar-refractivity contribution in [1.82, 2.24) is 0 Å². The Morgan fingerprint density at radius 1 is 1.53 bits per heavy atom. The summed E-state index contributed by atoms with van der Waals surface area (Å²) in [4.78, 5) is 23.0. The number of hydrogen-bond donors (Lipinski definition) is 2. The summed E-state index contributed by atoms with van der Waals surface area (Å²) < 4.78 is 9.23. The summed E-state index contributed by atoms with van der Waals surface area (Å²) in [5, 5.41) is 12.7. The lowest BCUT2D eigenvalue weighted by Crippen LogP contribution is -2.17. The first-order valence-electron chi connectivity index (χ1n) is 4.81. The van der Waals surface area contributed by atoms with Gasteiger partial charge < -0.3 is 14.6 Å². The van der Waals surface area contributed by atoms with Crippen molar-refractivity contribution in [3.63, 3.8) is 0 Å². The number of methoxy groups -OCH3 is 1. The van der Waals surface area contributed by atoms with Crippen molar-refractivity contribution >= 4 is 29.1 Å². The van der Waals surface area contributed by atoms with Crippen LogP contribution in [-0.4, -0.2) is 37.5 Å². The monoisotopic (exact) mass is 259 g/mol. The van der Waals surface area contributed by atoms with Crippen molar-refractivity contribution in [3.8, 4) is 0 Å². The number of carbonyl (C=O) groups is 2. The SMILES string of the molecule is COC(=O)c1scc(C)c1NC(=O)OCCO. The minimum Gasteiger partial charge on any atom is -0.465 e. The Kier molecular flexibility index (Phi) is 4.92. The van der Waals surface area contributed by atoms with Gasteiger partial charge in [0.15, 0.2) is 0 Å². The number of anilines is 1. The minimum absolute atomic E-state index is 0.0947. The number of ether oxygens (including phenoxy) is 2. The molecular formula is C10H13NO5S. The third kappa shape index (κ3) is 3.43. The highest BCUT2D eigenvalue weighted by Gasteiger charge is 2.18. The number of hydrogen-bond acceptors (Lipinski definition) is 6. The number of amides is 1. The van der Waals surface area contributed by atoms with E-state index in [2.05, 4.69) is 14.8 Å². The van der Waals surface area contributed by atoms with Crippen LogP contribution >= 0.6 is 11.3 Å². The Bertz CT molecular complexity index is 415. The van der Waals surface area contributed by atoms with Crippen molar-refractivity contribution in [2.24, 2.45) is 0 Å². The van der Waals surface area contributed by atoms with E-state index in [1.165, 1.54) is 18.4 Å². The molecule has 1 aromatic rings. The molecule has 0 unspecified atom stereocenters. The summed E-state index contributed by atoms with van der Waals surface area (Å²) >= 11 is 1.18. The lowest BCUT2D eigenvalue weighted by atomic mass is 10.3. The third-order valence-electron chi connectivity index (χ3n) is 1.90. The van der Waals surface area contributed by atoms with Crippen LogP contribution in [-0.2, 0) is 9.47 Å². The molecule has 1 rings (SSSR count). The van der Waals surface area contributed by atoms with E-state index in [9.17, 15) is 9.59 Å². The number of thiophene rings is 1. The van der Waals surface area contributed by atoms with Gasteiger partial charge in [0, 0.05) is 0 Å². The van der Waals surface area contributed by atoms with Crippen LogP contribution in [0.25, 0.3) is 0 Å². The van der Waals surface area contributed by atoms with Crippen LogP contribution in [0.3, 0.4) is 0 Å². The largest absolute Gasteiger partial charge is 0.465 e. The van der Waals surface area contributed by atoms with Gasteiger partial charge in [-0.2, -0.15) is 0 Å². The zero-order valence-electron chi connectivity index (χ0n) is 9.48. The Morgan fingerprint density at radius 3 is 2.82 bits per heavy atom. The van der Waals surface area contributed by atoms with Gasteiger partial charge in [-0.1, -0.05) is 0 Å². The standard InChI is InChI=1S/C10H13NO5S/c1-6-5-17-8(9(13)15-2)7(6)11-10(14)16-4-3-12/h5,12H,3-4H2,1-2H3,(H,11,14). The average molecular weight is 259 g/mol. The van der Waals surface area contributed by atoms with Gasteiger partial charge in [0.1, 0.15) is 11.5 Å². The second-order valence-electron chi connectivity index (χ2n) is 3.10. The predicted octanol–water partition coefficient (Wildman–Crippen LogP) is 1.38. The number of aliphatic hydroxyl groups excluding tert-OH is 1. The second-order valence-corrected chi connectivity index (χ2v) is 3.98. The quantitative estimate of drug-likeness (QED) is 0.798. The molecule has 0 spiro atoms. The molecule has 1 heterocycles. The Labute approximate surface area is 102 Å². The molecule has 7 heteroatoms. The number of nitrogens with one attached hydrogen (secondary N) is 1. The molecule has 0 saturated heterocycles. The average Bonchev–Trinajstić information content (AvgIpc) is 2.67. The van der Waals surface area contributed by atoms with Crippen LogP contribution in [0.5, 0.6) is 0 Å². The van der Waals surface area contributed by atoms with Crippen LogP contribution in [0, 0.1) is 6.92 Å². The van der Waals surface area contributed by atoms with Gasteiger partial charge in [0.25, 0.3) is 0 Å². The molecule has 1 aromatic heterocycles. The van der Waals surface area contributed by atoms with Crippen molar-refractivity contribution in [2.45, 2.75) is 6.92 Å². The summed E-state index contributed by atoms with van der Waals surface area (Å²) in [5.41, 5.74) is 1.13. The molecule has 0 aliphatic carbocycles. The first-order chi connectivity index (χ1) is 8.10. The van der Waals surface area contributed by atoms with Crippen LogP contribution < -0.4 is 5.32 Å². The zero-order valence-corrected chi connectivity index (χ0v) is 10.3. The normalized spacial score (nSPS) is 9.82. The lowest BCUT2D eigenvalue weighted by molar-refractivity contribution is 0.0607. The Hall–Kier alpha value is -1.60. The van der Waals surface area contributed by atoms with Gasteiger partial charge in [-0.15, -0.1) is 11.3 Å². The highest BCUT2D eigenvalue weighted by atomic mass is 32.1. The summed E-state index contributed by atoms with van der Waals surface area (Å²) in [6, 6.07) is 0. The second kappa shape index (κ2) is 6.21. The van der Waals surface area contributed by atoms with Crippen molar-refractivity contribution in [1.29, 1.82) is 0 Å². The summed E-state index contributed by atoms with van der Waals surface area (Å²) in [7, 11) is 1.27. The van der Waals surface area contributed by atoms with E-state index in [-0.39, 0.29) is 13.2 Å². The molecule has 2 N–H and O–H groups in total. The van der Waals surface area contributed by atoms with E-state index < -0.39 is 12.1 Å². The third-order valence-corrected chi connectivity index (χ3v) is 2.98. The molecule has 0 aromatic carbocycles. The van der Waals surface area contributed by atoms with Crippen LogP contribution in [0.15, 0.2) is 5.38 Å². The molecule has 0 aliphatic rings. The van der Waals surface area contributed by atoms with E-state index >= 15 is 0 Å². The molecule has 94 valence electrons. The highest BCUT2D eigenvalue weighted by Crippen LogP contribution is 2.28. The van der Waals surface area contributed by atoms with Gasteiger partial charge >= 0.3 is 12.1 Å². The first kappa shape index (κ1) is 13.5. The molecule has 0 atom stereocenters. The maximum Gasteiger partial charge on any atom is 0.411 e. The zero-order chi connectivity index (χ0) is 12.8. The minimum atomic E-state index is -0.717. The maximum atomic E-state index is 11.4. The fraction of sp³-hybridized carbons (Fsp3) is 0.400. The molecule has 0 aliphatic heterocycles. The summed E-state index contributed by atoms with van der Waals surface area (Å²) in [5.74, 6) is -0.513. The first-order valence-corrected chi connectivity index (χ1v) is 5.69. The Morgan fingerprint density at radius 2 is 2.24 bits per heavy atom. The van der Waals surface area contributed by atoms with Gasteiger partial charge in [-0.3, -0.25) is 5.32 Å². The van der Waals surface area contributed by atoms with Gasteiger partial charge in [-0.05, 0) is 17.9 Å². The summed E-state index contributed by atoms with van der Waals surface area (Å²) in [6.45, 7) is 1.41. The number of aryl methyl sites for hydroxylation is 1. The van der Waals surface area contributed by atoms with Crippen molar-refractivity contribution in [3.05, 3.63) is 15.8 Å². The molecule has 0 fully saturated rings. The molecular weight excluding hydrogens is 246 g/mol. The fourth-order valence-electron chi connectivity index (χ4n) is 1.12. The highest BCUT2D eigenvalue weighted by molar-refractivity contribution is 7.12. The smallest absolute Gasteiger partial charge is 0.411 e. The molecule has 6 nitrogen and oxygen atoms in total. The van der Waals surface area contributed by atoms with Gasteiger partial charge in [0.05, 0.1) is 19.4 Å². The van der Waals surface area contributed by atoms with E-state index in [0.29, 0.717) is 10.6 Å². The van der Waals surface area contributed by atoms with Crippen LogP contribution in [0.4, 0.5) is 10.5 Å². The van der Waals surface area contributed by atoms with E-state index in [1.807, 2.05) is 0 Å². The maximum absolute atomic E-state index is 11.4. The Balaban J connectivity index is 2.79.